The summed E-state index contributed by atoms with van der Waals surface area (Å²) in [5.74, 6) is 0.159. The summed E-state index contributed by atoms with van der Waals surface area (Å²) in [6.07, 6.45) is 2.91. The van der Waals surface area contributed by atoms with Gasteiger partial charge in [0.1, 0.15) is 17.2 Å². The predicted octanol–water partition coefficient (Wildman–Crippen LogP) is 5.01. The van der Waals surface area contributed by atoms with Crippen molar-refractivity contribution in [2.24, 2.45) is 0 Å². The van der Waals surface area contributed by atoms with Gasteiger partial charge in [0.05, 0.1) is 12.7 Å². The molecule has 1 aliphatic rings. The van der Waals surface area contributed by atoms with E-state index in [1.54, 1.807) is 11.0 Å². The number of hydrogen-bond donors (Lipinski definition) is 0. The molecule has 0 aliphatic carbocycles. The van der Waals surface area contributed by atoms with E-state index in [0.717, 1.165) is 5.57 Å². The normalized spacial score (nSPS) is 15.2. The van der Waals surface area contributed by atoms with E-state index in [-0.39, 0.29) is 11.9 Å². The fourth-order valence-corrected chi connectivity index (χ4v) is 2.93. The van der Waals surface area contributed by atoms with Crippen LogP contribution in [0, 0.1) is 5.82 Å². The van der Waals surface area contributed by atoms with Gasteiger partial charge in [0, 0.05) is 17.6 Å². The SMILES string of the molecule is COc1cc(Br)cc(F)c1C=C1CCN(C(=O)OC(C)(C)C)CC1. The van der Waals surface area contributed by atoms with Gasteiger partial charge < -0.3 is 14.4 Å². The smallest absolute Gasteiger partial charge is 0.410 e. The Morgan fingerprint density at radius 2 is 1.92 bits per heavy atom. The van der Waals surface area contributed by atoms with E-state index in [9.17, 15) is 9.18 Å². The maximum Gasteiger partial charge on any atom is 0.410 e. The van der Waals surface area contributed by atoms with E-state index in [4.69, 9.17) is 9.47 Å². The van der Waals surface area contributed by atoms with E-state index in [0.29, 0.717) is 41.7 Å². The molecule has 0 spiro atoms. The van der Waals surface area contributed by atoms with Gasteiger partial charge in [-0.05, 0) is 51.8 Å². The molecule has 6 heteroatoms. The van der Waals surface area contributed by atoms with Gasteiger partial charge in [-0.2, -0.15) is 0 Å². The first-order valence-electron chi connectivity index (χ1n) is 7.90. The Morgan fingerprint density at radius 1 is 1.29 bits per heavy atom. The average Bonchev–Trinajstić information content (AvgIpc) is 2.48. The maximum absolute atomic E-state index is 14.2. The first-order valence-corrected chi connectivity index (χ1v) is 8.69. The minimum Gasteiger partial charge on any atom is -0.496 e. The third-order valence-electron chi connectivity index (χ3n) is 3.68. The third-order valence-corrected chi connectivity index (χ3v) is 4.14. The van der Waals surface area contributed by atoms with Crippen molar-refractivity contribution in [1.82, 2.24) is 4.90 Å². The maximum atomic E-state index is 14.2. The van der Waals surface area contributed by atoms with Crippen LogP contribution in [0.2, 0.25) is 0 Å². The summed E-state index contributed by atoms with van der Waals surface area (Å²) in [6, 6.07) is 3.16. The van der Waals surface area contributed by atoms with Crippen molar-refractivity contribution < 1.29 is 18.7 Å². The number of likely N-dealkylation sites (tertiary alicyclic amines) is 1. The van der Waals surface area contributed by atoms with Crippen molar-refractivity contribution in [3.63, 3.8) is 0 Å². The largest absolute Gasteiger partial charge is 0.496 e. The van der Waals surface area contributed by atoms with Crippen LogP contribution >= 0.6 is 15.9 Å². The van der Waals surface area contributed by atoms with E-state index >= 15 is 0 Å². The Kier molecular flexibility index (Phi) is 5.91. The molecule has 132 valence electrons. The molecule has 1 amide bonds. The molecule has 1 aromatic carbocycles. The average molecular weight is 400 g/mol. The van der Waals surface area contributed by atoms with Crippen LogP contribution in [0.5, 0.6) is 5.75 Å². The molecule has 0 aromatic heterocycles. The van der Waals surface area contributed by atoms with E-state index in [1.165, 1.54) is 13.2 Å². The zero-order valence-electron chi connectivity index (χ0n) is 14.5. The summed E-state index contributed by atoms with van der Waals surface area (Å²) < 4.78 is 25.5. The number of halogens is 2. The number of ether oxygens (including phenoxy) is 2. The van der Waals surface area contributed by atoms with Crippen LogP contribution in [-0.2, 0) is 4.74 Å². The van der Waals surface area contributed by atoms with Gasteiger partial charge in [-0.1, -0.05) is 21.5 Å². The lowest BCUT2D eigenvalue weighted by Crippen LogP contribution is -2.40. The zero-order chi connectivity index (χ0) is 17.9. The molecule has 0 unspecified atom stereocenters. The van der Waals surface area contributed by atoms with E-state index in [1.807, 2.05) is 26.8 Å². The van der Waals surface area contributed by atoms with Crippen molar-refractivity contribution in [3.8, 4) is 5.75 Å². The van der Waals surface area contributed by atoms with Crippen LogP contribution in [0.25, 0.3) is 6.08 Å². The first kappa shape index (κ1) is 18.8. The molecular formula is C18H23BrFNO3. The van der Waals surface area contributed by atoms with Gasteiger partial charge in [0.2, 0.25) is 0 Å². The van der Waals surface area contributed by atoms with Gasteiger partial charge in [-0.25, -0.2) is 9.18 Å². The van der Waals surface area contributed by atoms with Crippen LogP contribution in [0.3, 0.4) is 0 Å². The Labute approximate surface area is 150 Å². The molecular weight excluding hydrogens is 377 g/mol. The number of carbonyl (C=O) groups is 1. The van der Waals surface area contributed by atoms with E-state index < -0.39 is 5.60 Å². The second-order valence-corrected chi connectivity index (χ2v) is 7.69. The highest BCUT2D eigenvalue weighted by Crippen LogP contribution is 2.30. The number of nitrogens with zero attached hydrogens (tertiary/aromatic N) is 1. The molecule has 1 saturated heterocycles. The number of benzene rings is 1. The van der Waals surface area contributed by atoms with Gasteiger partial charge >= 0.3 is 6.09 Å². The van der Waals surface area contributed by atoms with Crippen molar-refractivity contribution in [2.45, 2.75) is 39.2 Å². The molecule has 1 fully saturated rings. The van der Waals surface area contributed by atoms with Gasteiger partial charge in [0.15, 0.2) is 0 Å². The van der Waals surface area contributed by atoms with Crippen LogP contribution in [-0.4, -0.2) is 36.8 Å². The fraction of sp³-hybridized carbons (Fsp3) is 0.500. The van der Waals surface area contributed by atoms with Gasteiger partial charge in [-0.3, -0.25) is 0 Å². The monoisotopic (exact) mass is 399 g/mol. The molecule has 0 atom stereocenters. The van der Waals surface area contributed by atoms with Gasteiger partial charge in [0.25, 0.3) is 0 Å². The summed E-state index contributed by atoms with van der Waals surface area (Å²) >= 11 is 3.26. The molecule has 0 radical (unpaired) electrons. The lowest BCUT2D eigenvalue weighted by atomic mass is 10.0. The Balaban J connectivity index is 2.07. The molecule has 1 aliphatic heterocycles. The summed E-state index contributed by atoms with van der Waals surface area (Å²) in [7, 11) is 1.52. The highest BCUT2D eigenvalue weighted by atomic mass is 79.9. The summed E-state index contributed by atoms with van der Waals surface area (Å²) in [5, 5.41) is 0. The second kappa shape index (κ2) is 7.55. The molecule has 1 aromatic rings. The lowest BCUT2D eigenvalue weighted by Gasteiger charge is -2.31. The summed E-state index contributed by atoms with van der Waals surface area (Å²) in [5.41, 5.74) is 1.04. The quantitative estimate of drug-likeness (QED) is 0.701. The van der Waals surface area contributed by atoms with Crippen molar-refractivity contribution in [2.75, 3.05) is 20.2 Å². The fourth-order valence-electron chi connectivity index (χ4n) is 2.52. The highest BCUT2D eigenvalue weighted by Gasteiger charge is 2.25. The molecule has 0 N–H and O–H groups in total. The van der Waals surface area contributed by atoms with E-state index in [2.05, 4.69) is 15.9 Å². The lowest BCUT2D eigenvalue weighted by molar-refractivity contribution is 0.0237. The molecule has 4 nitrogen and oxygen atoms in total. The molecule has 1 heterocycles. The minimum atomic E-state index is -0.499. The topological polar surface area (TPSA) is 38.8 Å². The minimum absolute atomic E-state index is 0.297. The van der Waals surface area contributed by atoms with Crippen LogP contribution in [0.15, 0.2) is 22.2 Å². The highest BCUT2D eigenvalue weighted by molar-refractivity contribution is 9.10. The molecule has 2 rings (SSSR count). The summed E-state index contributed by atoms with van der Waals surface area (Å²) in [6.45, 7) is 6.69. The van der Waals surface area contributed by atoms with Crippen molar-refractivity contribution in [3.05, 3.63) is 33.6 Å². The van der Waals surface area contributed by atoms with Crippen LogP contribution in [0.4, 0.5) is 9.18 Å². The Bertz CT molecular complexity index is 642. The van der Waals surface area contributed by atoms with Crippen molar-refractivity contribution in [1.29, 1.82) is 0 Å². The molecule has 24 heavy (non-hydrogen) atoms. The number of methoxy groups -OCH3 is 1. The predicted molar refractivity (Wildman–Crippen MR) is 95.7 cm³/mol. The number of piperidine rings is 1. The Morgan fingerprint density at radius 3 is 2.46 bits per heavy atom. The van der Waals surface area contributed by atoms with Gasteiger partial charge in [-0.15, -0.1) is 0 Å². The number of amides is 1. The summed E-state index contributed by atoms with van der Waals surface area (Å²) in [4.78, 5) is 13.8. The number of rotatable bonds is 2. The Hall–Kier alpha value is -1.56. The number of hydrogen-bond acceptors (Lipinski definition) is 3. The molecule has 0 saturated carbocycles. The van der Waals surface area contributed by atoms with Crippen LogP contribution < -0.4 is 4.74 Å². The molecule has 0 bridgehead atoms. The number of carbonyl (C=O) groups excluding carboxylic acids is 1. The standard InChI is InChI=1S/C18H23BrFNO3/c1-18(2,3)24-17(22)21-7-5-12(6-8-21)9-14-15(20)10-13(19)11-16(14)23-4/h9-11H,5-8H2,1-4H3. The van der Waals surface area contributed by atoms with Crippen molar-refractivity contribution >= 4 is 28.1 Å². The first-order chi connectivity index (χ1) is 11.2. The van der Waals surface area contributed by atoms with Crippen LogP contribution in [0.1, 0.15) is 39.2 Å². The zero-order valence-corrected chi connectivity index (χ0v) is 16.1. The second-order valence-electron chi connectivity index (χ2n) is 6.77. The third kappa shape index (κ3) is 4.97.